The van der Waals surface area contributed by atoms with E-state index in [2.05, 4.69) is 0 Å². The molecular formula is C26H17FO4. The Bertz CT molecular complexity index is 1260. The van der Waals surface area contributed by atoms with Gasteiger partial charge in [-0.25, -0.2) is 14.0 Å². The summed E-state index contributed by atoms with van der Waals surface area (Å²) in [6, 6.07) is 24.8. The molecule has 0 spiro atoms. The first kappa shape index (κ1) is 20.0. The van der Waals surface area contributed by atoms with Gasteiger partial charge in [0.15, 0.2) is 0 Å². The molecule has 0 aromatic heterocycles. The summed E-state index contributed by atoms with van der Waals surface area (Å²) in [5.74, 6) is -0.917. The first-order chi connectivity index (χ1) is 15.1. The van der Waals surface area contributed by atoms with Gasteiger partial charge >= 0.3 is 11.9 Å². The van der Waals surface area contributed by atoms with E-state index in [4.69, 9.17) is 9.47 Å². The molecule has 0 aliphatic carbocycles. The minimum Gasteiger partial charge on any atom is -0.423 e. The van der Waals surface area contributed by atoms with E-state index in [1.807, 2.05) is 18.2 Å². The fourth-order valence-corrected chi connectivity index (χ4v) is 3.06. The Kier molecular flexibility index (Phi) is 5.85. The monoisotopic (exact) mass is 412 g/mol. The number of rotatable bonds is 5. The largest absolute Gasteiger partial charge is 0.423 e. The Hall–Kier alpha value is -4.25. The van der Waals surface area contributed by atoms with Gasteiger partial charge in [0.1, 0.15) is 17.3 Å². The maximum atomic E-state index is 13.0. The fourth-order valence-electron chi connectivity index (χ4n) is 3.06. The maximum absolute atomic E-state index is 13.0. The summed E-state index contributed by atoms with van der Waals surface area (Å²) in [5.41, 5.74) is 1.07. The lowest BCUT2D eigenvalue weighted by Crippen LogP contribution is -2.09. The van der Waals surface area contributed by atoms with Crippen LogP contribution in [0.3, 0.4) is 0 Å². The molecule has 0 unspecified atom stereocenters. The van der Waals surface area contributed by atoms with Gasteiger partial charge in [-0.1, -0.05) is 54.6 Å². The molecule has 4 rings (SSSR count). The lowest BCUT2D eigenvalue weighted by atomic mass is 10.1. The highest BCUT2D eigenvalue weighted by molar-refractivity contribution is 6.00. The van der Waals surface area contributed by atoms with E-state index < -0.39 is 11.9 Å². The molecule has 0 amide bonds. The molecule has 4 aromatic rings. The van der Waals surface area contributed by atoms with Crippen LogP contribution in [0, 0.1) is 5.82 Å². The number of ether oxygens (including phenoxy) is 2. The lowest BCUT2D eigenvalue weighted by Gasteiger charge is -2.11. The molecule has 0 heterocycles. The fraction of sp³-hybridized carbons (Fsp3) is 0. The van der Waals surface area contributed by atoms with Gasteiger partial charge in [-0.2, -0.15) is 0 Å². The molecule has 5 heteroatoms. The second-order valence-electron chi connectivity index (χ2n) is 6.67. The molecule has 4 nitrogen and oxygen atoms in total. The second kappa shape index (κ2) is 9.05. The van der Waals surface area contributed by atoms with Gasteiger partial charge in [0.25, 0.3) is 0 Å². The zero-order chi connectivity index (χ0) is 21.6. The molecule has 0 saturated carbocycles. The van der Waals surface area contributed by atoms with Crippen molar-refractivity contribution in [2.45, 2.75) is 0 Å². The number of carbonyl (C=O) groups is 2. The van der Waals surface area contributed by atoms with Crippen LogP contribution in [0.4, 0.5) is 4.39 Å². The molecule has 0 N–H and O–H groups in total. The average Bonchev–Trinajstić information content (AvgIpc) is 2.79. The molecule has 0 bridgehead atoms. The molecule has 0 atom stereocenters. The third kappa shape index (κ3) is 4.85. The normalized spacial score (nSPS) is 10.9. The van der Waals surface area contributed by atoms with Crippen molar-refractivity contribution in [2.75, 3.05) is 0 Å². The van der Waals surface area contributed by atoms with Crippen molar-refractivity contribution in [1.29, 1.82) is 0 Å². The van der Waals surface area contributed by atoms with E-state index in [9.17, 15) is 14.0 Å². The molecule has 0 radical (unpaired) electrons. The summed E-state index contributed by atoms with van der Waals surface area (Å²) in [7, 11) is 0. The molecule has 0 aliphatic rings. The Morgan fingerprint density at radius 2 is 1.35 bits per heavy atom. The predicted octanol–water partition coefficient (Wildman–Crippen LogP) is 5.82. The van der Waals surface area contributed by atoms with Gasteiger partial charge in [-0.3, -0.25) is 0 Å². The number of hydrogen-bond acceptors (Lipinski definition) is 4. The summed E-state index contributed by atoms with van der Waals surface area (Å²) >= 11 is 0. The van der Waals surface area contributed by atoms with Crippen LogP contribution in [0.2, 0.25) is 0 Å². The van der Waals surface area contributed by atoms with Crippen molar-refractivity contribution in [1.82, 2.24) is 0 Å². The van der Waals surface area contributed by atoms with Crippen LogP contribution in [0.5, 0.6) is 11.5 Å². The lowest BCUT2D eigenvalue weighted by molar-refractivity contribution is -0.128. The molecule has 31 heavy (non-hydrogen) atoms. The van der Waals surface area contributed by atoms with Gasteiger partial charge in [0, 0.05) is 6.08 Å². The van der Waals surface area contributed by atoms with Crippen molar-refractivity contribution < 1.29 is 23.5 Å². The maximum Gasteiger partial charge on any atom is 0.343 e. The van der Waals surface area contributed by atoms with Gasteiger partial charge in [-0.15, -0.1) is 0 Å². The zero-order valence-corrected chi connectivity index (χ0v) is 16.3. The van der Waals surface area contributed by atoms with Gasteiger partial charge in [0.2, 0.25) is 0 Å². The molecule has 0 saturated heterocycles. The highest BCUT2D eigenvalue weighted by Crippen LogP contribution is 2.34. The summed E-state index contributed by atoms with van der Waals surface area (Å²) < 4.78 is 24.1. The van der Waals surface area contributed by atoms with Crippen LogP contribution in [0.25, 0.3) is 16.8 Å². The van der Waals surface area contributed by atoms with Crippen LogP contribution >= 0.6 is 0 Å². The number of benzene rings is 4. The van der Waals surface area contributed by atoms with Crippen molar-refractivity contribution in [3.05, 3.63) is 114 Å². The summed E-state index contributed by atoms with van der Waals surface area (Å²) in [6.45, 7) is 0. The van der Waals surface area contributed by atoms with Crippen molar-refractivity contribution in [3.8, 4) is 11.5 Å². The van der Waals surface area contributed by atoms with E-state index in [-0.39, 0.29) is 17.3 Å². The van der Waals surface area contributed by atoms with Gasteiger partial charge in [-0.05, 0) is 53.4 Å². The number of halogens is 1. The van der Waals surface area contributed by atoms with Crippen LogP contribution < -0.4 is 9.47 Å². The third-order valence-corrected chi connectivity index (χ3v) is 4.53. The van der Waals surface area contributed by atoms with Crippen LogP contribution in [-0.2, 0) is 4.79 Å². The average molecular weight is 412 g/mol. The minimum absolute atomic E-state index is 0.266. The Balaban J connectivity index is 1.60. The van der Waals surface area contributed by atoms with Crippen molar-refractivity contribution in [2.24, 2.45) is 0 Å². The predicted molar refractivity (Wildman–Crippen MR) is 116 cm³/mol. The van der Waals surface area contributed by atoms with Crippen molar-refractivity contribution >= 4 is 28.8 Å². The van der Waals surface area contributed by atoms with E-state index in [1.165, 1.54) is 24.3 Å². The van der Waals surface area contributed by atoms with Crippen LogP contribution in [0.1, 0.15) is 15.9 Å². The van der Waals surface area contributed by atoms with Crippen molar-refractivity contribution in [3.63, 3.8) is 0 Å². The van der Waals surface area contributed by atoms with Gasteiger partial charge in [0.05, 0.1) is 10.9 Å². The van der Waals surface area contributed by atoms with Gasteiger partial charge < -0.3 is 9.47 Å². The summed E-state index contributed by atoms with van der Waals surface area (Å²) in [4.78, 5) is 24.9. The quantitative estimate of drug-likeness (QED) is 0.236. The van der Waals surface area contributed by atoms with E-state index in [1.54, 1.807) is 60.7 Å². The number of fused-ring (bicyclic) bond motifs is 1. The molecule has 0 fully saturated rings. The molecular weight excluding hydrogens is 395 g/mol. The first-order valence-electron chi connectivity index (χ1n) is 9.54. The number of esters is 2. The minimum atomic E-state index is -0.610. The van der Waals surface area contributed by atoms with E-state index in [0.717, 1.165) is 5.39 Å². The number of hydrogen-bond donors (Lipinski definition) is 0. The summed E-state index contributed by atoms with van der Waals surface area (Å²) in [6.07, 6.45) is 2.79. The SMILES string of the molecule is O=C(/C=C/c1ccc(F)cc1)Oc1cccc2cccc(OC(=O)c3ccccc3)c12. The first-order valence-corrected chi connectivity index (χ1v) is 9.54. The van der Waals surface area contributed by atoms with E-state index in [0.29, 0.717) is 16.5 Å². The summed E-state index contributed by atoms with van der Waals surface area (Å²) in [5, 5.41) is 1.27. The zero-order valence-electron chi connectivity index (χ0n) is 16.3. The topological polar surface area (TPSA) is 52.6 Å². The van der Waals surface area contributed by atoms with Crippen LogP contribution in [-0.4, -0.2) is 11.9 Å². The Morgan fingerprint density at radius 1 is 0.710 bits per heavy atom. The molecule has 0 aliphatic heterocycles. The third-order valence-electron chi connectivity index (χ3n) is 4.53. The highest BCUT2D eigenvalue weighted by atomic mass is 19.1. The number of carbonyl (C=O) groups excluding carboxylic acids is 2. The Labute approximate surface area is 178 Å². The second-order valence-corrected chi connectivity index (χ2v) is 6.67. The molecule has 4 aromatic carbocycles. The molecule has 152 valence electrons. The highest BCUT2D eigenvalue weighted by Gasteiger charge is 2.15. The van der Waals surface area contributed by atoms with Crippen LogP contribution in [0.15, 0.2) is 97.1 Å². The standard InChI is InChI=1S/C26H17FO4/c27-21-15-12-18(13-16-21)14-17-24(28)30-22-10-4-8-19-9-5-11-23(25(19)22)31-26(29)20-6-2-1-3-7-20/h1-17H/b17-14+. The Morgan fingerprint density at radius 3 is 2.03 bits per heavy atom. The van der Waals surface area contributed by atoms with E-state index >= 15 is 0 Å². The smallest absolute Gasteiger partial charge is 0.343 e.